The molecule has 2 aromatic rings. The van der Waals surface area contributed by atoms with Crippen LogP contribution in [0.4, 0.5) is 0 Å². The number of halogens is 1. The molecule has 1 saturated heterocycles. The molecule has 0 saturated carbocycles. The molecule has 0 radical (unpaired) electrons. The molecule has 1 aromatic heterocycles. The molecule has 0 bridgehead atoms. The van der Waals surface area contributed by atoms with Gasteiger partial charge in [-0.3, -0.25) is 4.90 Å². The first-order chi connectivity index (χ1) is 10.7. The lowest BCUT2D eigenvalue weighted by molar-refractivity contribution is 0.257. The Hall–Kier alpha value is -1.36. The van der Waals surface area contributed by atoms with Gasteiger partial charge in [0.05, 0.1) is 11.9 Å². The van der Waals surface area contributed by atoms with Crippen LogP contribution in [0.2, 0.25) is 5.02 Å². The summed E-state index contributed by atoms with van der Waals surface area (Å²) in [4.78, 5) is 5.05. The van der Waals surface area contributed by atoms with Gasteiger partial charge in [0.25, 0.3) is 0 Å². The van der Waals surface area contributed by atoms with Crippen LogP contribution in [0.3, 0.4) is 0 Å². The van der Waals surface area contributed by atoms with Crippen LogP contribution in [0.1, 0.15) is 18.9 Å². The van der Waals surface area contributed by atoms with E-state index in [0.29, 0.717) is 0 Å². The van der Waals surface area contributed by atoms with Crippen molar-refractivity contribution in [1.82, 2.24) is 19.6 Å². The third kappa shape index (κ3) is 3.88. The topological polar surface area (TPSA) is 24.3 Å². The number of likely N-dealkylation sites (N-methyl/N-ethyl adjacent to an activating group) is 1. The van der Waals surface area contributed by atoms with Crippen molar-refractivity contribution < 1.29 is 0 Å². The Bertz CT molecular complexity index is 610. The van der Waals surface area contributed by atoms with Crippen molar-refractivity contribution in [1.29, 1.82) is 0 Å². The maximum Gasteiger partial charge on any atom is 0.0660 e. The molecule has 1 aliphatic heterocycles. The van der Waals surface area contributed by atoms with Crippen molar-refractivity contribution >= 4 is 11.6 Å². The Morgan fingerprint density at radius 3 is 2.77 bits per heavy atom. The zero-order valence-electron chi connectivity index (χ0n) is 13.1. The van der Waals surface area contributed by atoms with E-state index in [1.165, 1.54) is 31.6 Å². The highest BCUT2D eigenvalue weighted by atomic mass is 35.5. The first-order valence-corrected chi connectivity index (χ1v) is 8.36. The van der Waals surface area contributed by atoms with Gasteiger partial charge in [-0.25, -0.2) is 4.68 Å². The smallest absolute Gasteiger partial charge is 0.0660 e. The third-order valence-electron chi connectivity index (χ3n) is 4.24. The van der Waals surface area contributed by atoms with E-state index in [-0.39, 0.29) is 0 Å². The van der Waals surface area contributed by atoms with E-state index in [0.717, 1.165) is 30.3 Å². The maximum absolute atomic E-state index is 6.05. The summed E-state index contributed by atoms with van der Waals surface area (Å²) < 4.78 is 1.90. The van der Waals surface area contributed by atoms with E-state index in [4.69, 9.17) is 11.6 Å². The number of hydrogen-bond acceptors (Lipinski definition) is 3. The average Bonchev–Trinajstić information content (AvgIpc) is 2.86. The van der Waals surface area contributed by atoms with E-state index in [2.05, 4.69) is 28.0 Å². The highest BCUT2D eigenvalue weighted by Gasteiger charge is 2.14. The fourth-order valence-electron chi connectivity index (χ4n) is 2.96. The highest BCUT2D eigenvalue weighted by molar-refractivity contribution is 6.30. The minimum absolute atomic E-state index is 0.738. The monoisotopic (exact) mass is 318 g/mol. The minimum atomic E-state index is 0.738. The van der Waals surface area contributed by atoms with Gasteiger partial charge in [-0.1, -0.05) is 24.6 Å². The molecule has 0 N–H and O–H groups in total. The first-order valence-electron chi connectivity index (χ1n) is 7.99. The van der Waals surface area contributed by atoms with E-state index >= 15 is 0 Å². The molecular formula is C17H23ClN4. The molecule has 5 heteroatoms. The molecule has 22 heavy (non-hydrogen) atoms. The van der Waals surface area contributed by atoms with Crippen LogP contribution in [0.5, 0.6) is 0 Å². The van der Waals surface area contributed by atoms with Gasteiger partial charge in [0.15, 0.2) is 0 Å². The van der Waals surface area contributed by atoms with E-state index < -0.39 is 0 Å². The first kappa shape index (κ1) is 15.5. The molecule has 1 aromatic carbocycles. The van der Waals surface area contributed by atoms with Crippen molar-refractivity contribution in [3.63, 3.8) is 0 Å². The van der Waals surface area contributed by atoms with Crippen molar-refractivity contribution in [2.75, 3.05) is 32.7 Å². The molecule has 0 atom stereocenters. The minimum Gasteiger partial charge on any atom is -0.302 e. The molecule has 1 aliphatic rings. The number of rotatable bonds is 4. The van der Waals surface area contributed by atoms with Gasteiger partial charge < -0.3 is 4.90 Å². The van der Waals surface area contributed by atoms with Crippen molar-refractivity contribution in [3.05, 3.63) is 47.2 Å². The Morgan fingerprint density at radius 2 is 1.95 bits per heavy atom. The van der Waals surface area contributed by atoms with Crippen LogP contribution >= 0.6 is 11.6 Å². The van der Waals surface area contributed by atoms with Gasteiger partial charge in [-0.2, -0.15) is 5.10 Å². The van der Waals surface area contributed by atoms with Crippen LogP contribution in [0.15, 0.2) is 36.7 Å². The van der Waals surface area contributed by atoms with Gasteiger partial charge in [0, 0.05) is 36.4 Å². The molecule has 3 rings (SSSR count). The van der Waals surface area contributed by atoms with E-state index in [9.17, 15) is 0 Å². The van der Waals surface area contributed by atoms with Crippen LogP contribution in [0.25, 0.3) is 5.69 Å². The zero-order valence-corrected chi connectivity index (χ0v) is 13.8. The lowest BCUT2D eigenvalue weighted by Crippen LogP contribution is -2.30. The summed E-state index contributed by atoms with van der Waals surface area (Å²) in [5.74, 6) is 0. The molecule has 2 heterocycles. The Morgan fingerprint density at radius 1 is 1.14 bits per heavy atom. The summed E-state index contributed by atoms with van der Waals surface area (Å²) in [5.41, 5.74) is 2.26. The largest absolute Gasteiger partial charge is 0.302 e. The van der Waals surface area contributed by atoms with Crippen LogP contribution in [-0.2, 0) is 6.54 Å². The Kier molecular flexibility index (Phi) is 5.13. The van der Waals surface area contributed by atoms with Crippen LogP contribution in [0, 0.1) is 0 Å². The van der Waals surface area contributed by atoms with Crippen LogP contribution < -0.4 is 0 Å². The van der Waals surface area contributed by atoms with E-state index in [1.54, 1.807) is 0 Å². The second-order valence-electron chi connectivity index (χ2n) is 5.84. The molecule has 0 spiro atoms. The third-order valence-corrected chi connectivity index (χ3v) is 4.48. The summed E-state index contributed by atoms with van der Waals surface area (Å²) in [5, 5.41) is 5.21. The second kappa shape index (κ2) is 7.27. The van der Waals surface area contributed by atoms with Crippen molar-refractivity contribution in [2.24, 2.45) is 0 Å². The molecule has 4 nitrogen and oxygen atoms in total. The number of nitrogens with zero attached hydrogens (tertiary/aromatic N) is 4. The Balaban J connectivity index is 1.64. The SMILES string of the molecule is CCN1CCCN(Cc2cnn(-c3cccc(Cl)c3)c2)CC1. The zero-order chi connectivity index (χ0) is 15.4. The predicted molar refractivity (Wildman–Crippen MR) is 90.6 cm³/mol. The lowest BCUT2D eigenvalue weighted by atomic mass is 10.3. The van der Waals surface area contributed by atoms with Gasteiger partial charge in [-0.05, 0) is 44.3 Å². The second-order valence-corrected chi connectivity index (χ2v) is 6.27. The number of hydrogen-bond donors (Lipinski definition) is 0. The Labute approximate surface area is 137 Å². The summed E-state index contributed by atoms with van der Waals surface area (Å²) in [6, 6.07) is 7.79. The van der Waals surface area contributed by atoms with E-state index in [1.807, 2.05) is 35.1 Å². The summed E-state index contributed by atoms with van der Waals surface area (Å²) >= 11 is 6.05. The van der Waals surface area contributed by atoms with Gasteiger partial charge >= 0.3 is 0 Å². The van der Waals surface area contributed by atoms with Gasteiger partial charge in [0.1, 0.15) is 0 Å². The molecule has 1 fully saturated rings. The van der Waals surface area contributed by atoms with Gasteiger partial charge in [-0.15, -0.1) is 0 Å². The fourth-order valence-corrected chi connectivity index (χ4v) is 3.14. The van der Waals surface area contributed by atoms with Crippen molar-refractivity contribution in [2.45, 2.75) is 19.9 Å². The molecule has 0 unspecified atom stereocenters. The summed E-state index contributed by atoms with van der Waals surface area (Å²) in [6.07, 6.45) is 5.31. The van der Waals surface area contributed by atoms with Crippen LogP contribution in [-0.4, -0.2) is 52.3 Å². The highest BCUT2D eigenvalue weighted by Crippen LogP contribution is 2.15. The molecular weight excluding hydrogens is 296 g/mol. The average molecular weight is 319 g/mol. The standard InChI is InChI=1S/C17H23ClN4/c1-2-20-7-4-8-21(10-9-20)13-15-12-19-22(14-15)17-6-3-5-16(18)11-17/h3,5-6,11-12,14H,2,4,7-10,13H2,1H3. The quantitative estimate of drug-likeness (QED) is 0.866. The lowest BCUT2D eigenvalue weighted by Gasteiger charge is -2.20. The summed E-state index contributed by atoms with van der Waals surface area (Å²) in [7, 11) is 0. The summed E-state index contributed by atoms with van der Waals surface area (Å²) in [6.45, 7) is 9.05. The molecule has 0 aliphatic carbocycles. The maximum atomic E-state index is 6.05. The normalized spacial score (nSPS) is 17.5. The molecule has 0 amide bonds. The fraction of sp³-hybridized carbons (Fsp3) is 0.471. The number of benzene rings is 1. The van der Waals surface area contributed by atoms with Crippen molar-refractivity contribution in [3.8, 4) is 5.69 Å². The number of aromatic nitrogens is 2. The molecule has 118 valence electrons. The predicted octanol–water partition coefficient (Wildman–Crippen LogP) is 3.05. The van der Waals surface area contributed by atoms with Gasteiger partial charge in [0.2, 0.25) is 0 Å².